The van der Waals surface area contributed by atoms with Gasteiger partial charge in [0.15, 0.2) is 0 Å². The number of aromatic nitrogens is 1. The number of carboxylic acids is 1. The fourth-order valence-corrected chi connectivity index (χ4v) is 4.13. The predicted octanol–water partition coefficient (Wildman–Crippen LogP) is 4.43. The molecule has 8 nitrogen and oxygen atoms in total. The maximum absolute atomic E-state index is 12.4. The molecule has 2 amide bonds. The summed E-state index contributed by atoms with van der Waals surface area (Å²) in [6.07, 6.45) is 1.64. The van der Waals surface area contributed by atoms with Gasteiger partial charge in [0, 0.05) is 5.92 Å². The zero-order chi connectivity index (χ0) is 24.1. The fourth-order valence-electron chi connectivity index (χ4n) is 4.13. The van der Waals surface area contributed by atoms with Crippen LogP contribution in [0.1, 0.15) is 47.3 Å². The van der Waals surface area contributed by atoms with Gasteiger partial charge in [0.05, 0.1) is 11.9 Å². The molecule has 3 aromatic rings. The minimum Gasteiger partial charge on any atom is -0.480 e. The number of fused-ring (bicyclic) bond motifs is 3. The van der Waals surface area contributed by atoms with Gasteiger partial charge in [0.25, 0.3) is 5.91 Å². The highest BCUT2D eigenvalue weighted by Crippen LogP contribution is 2.44. The molecule has 0 bridgehead atoms. The minimum atomic E-state index is -1.09. The Kier molecular flexibility index (Phi) is 6.87. The van der Waals surface area contributed by atoms with Gasteiger partial charge in [-0.1, -0.05) is 61.9 Å². The molecule has 0 aliphatic heterocycles. The summed E-state index contributed by atoms with van der Waals surface area (Å²) in [5.41, 5.74) is 4.95. The number of nitrogens with zero attached hydrogens (tertiary/aromatic N) is 1. The molecule has 174 valence electrons. The lowest BCUT2D eigenvalue weighted by molar-refractivity contribution is -0.139. The third-order valence-corrected chi connectivity index (χ3v) is 5.77. The number of carbonyl (C=O) groups is 3. The number of carbonyl (C=O) groups excluding carboxylic acids is 2. The number of rotatable bonds is 8. The first-order chi connectivity index (χ1) is 16.5. The zero-order valence-electron chi connectivity index (χ0n) is 18.7. The van der Waals surface area contributed by atoms with Gasteiger partial charge in [-0.15, -0.1) is 0 Å². The third kappa shape index (κ3) is 4.91. The maximum Gasteiger partial charge on any atom is 0.411 e. The Morgan fingerprint density at radius 3 is 2.21 bits per heavy atom. The van der Waals surface area contributed by atoms with Gasteiger partial charge in [-0.2, -0.15) is 0 Å². The molecule has 1 atom stereocenters. The number of nitrogens with one attached hydrogen (secondary N) is 2. The third-order valence-electron chi connectivity index (χ3n) is 5.77. The van der Waals surface area contributed by atoms with Gasteiger partial charge in [-0.3, -0.25) is 10.1 Å². The van der Waals surface area contributed by atoms with E-state index < -0.39 is 24.0 Å². The van der Waals surface area contributed by atoms with E-state index >= 15 is 0 Å². The van der Waals surface area contributed by atoms with Gasteiger partial charge < -0.3 is 15.2 Å². The molecular formula is C26H25N3O5. The molecule has 0 saturated carbocycles. The molecule has 0 fully saturated rings. The van der Waals surface area contributed by atoms with Crippen molar-refractivity contribution in [1.29, 1.82) is 0 Å². The summed E-state index contributed by atoms with van der Waals surface area (Å²) in [5.74, 6) is -1.73. The van der Waals surface area contributed by atoms with E-state index in [0.717, 1.165) is 22.3 Å². The average molecular weight is 460 g/mol. The Balaban J connectivity index is 1.35. The number of anilines is 1. The van der Waals surface area contributed by atoms with Crippen LogP contribution >= 0.6 is 0 Å². The predicted molar refractivity (Wildman–Crippen MR) is 127 cm³/mol. The van der Waals surface area contributed by atoms with Gasteiger partial charge in [0.2, 0.25) is 0 Å². The summed E-state index contributed by atoms with van der Waals surface area (Å²) < 4.78 is 5.50. The van der Waals surface area contributed by atoms with E-state index in [0.29, 0.717) is 18.5 Å². The first-order valence-electron chi connectivity index (χ1n) is 11.1. The topological polar surface area (TPSA) is 118 Å². The van der Waals surface area contributed by atoms with Crippen molar-refractivity contribution in [1.82, 2.24) is 10.3 Å². The number of ether oxygens (including phenoxy) is 1. The Labute approximate surface area is 197 Å². The van der Waals surface area contributed by atoms with Crippen LogP contribution in [0, 0.1) is 0 Å². The van der Waals surface area contributed by atoms with E-state index in [-0.39, 0.29) is 18.2 Å². The van der Waals surface area contributed by atoms with E-state index in [1.165, 1.54) is 18.3 Å². The molecule has 3 N–H and O–H groups in total. The van der Waals surface area contributed by atoms with Crippen molar-refractivity contribution in [2.75, 3.05) is 11.9 Å². The normalized spacial score (nSPS) is 12.9. The molecule has 34 heavy (non-hydrogen) atoms. The number of pyridine rings is 1. The maximum atomic E-state index is 12.4. The summed E-state index contributed by atoms with van der Waals surface area (Å²) in [6, 6.07) is 18.1. The van der Waals surface area contributed by atoms with Crippen molar-refractivity contribution in [2.24, 2.45) is 0 Å². The number of hydrogen-bond acceptors (Lipinski definition) is 5. The average Bonchev–Trinajstić information content (AvgIpc) is 3.16. The highest BCUT2D eigenvalue weighted by atomic mass is 16.5. The van der Waals surface area contributed by atoms with Crippen molar-refractivity contribution in [3.63, 3.8) is 0 Å². The number of carboxylic acid groups (broad SMARTS) is 1. The molecule has 1 heterocycles. The highest BCUT2D eigenvalue weighted by Gasteiger charge is 2.29. The van der Waals surface area contributed by atoms with Crippen molar-refractivity contribution >= 4 is 23.7 Å². The Bertz CT molecular complexity index is 1160. The summed E-state index contributed by atoms with van der Waals surface area (Å²) in [7, 11) is 0. The number of benzene rings is 2. The molecule has 4 rings (SSSR count). The molecule has 0 spiro atoms. The van der Waals surface area contributed by atoms with Crippen LogP contribution in [0.5, 0.6) is 0 Å². The second-order valence-electron chi connectivity index (χ2n) is 8.04. The molecule has 0 saturated heterocycles. The summed E-state index contributed by atoms with van der Waals surface area (Å²) >= 11 is 0. The lowest BCUT2D eigenvalue weighted by Gasteiger charge is -2.15. The van der Waals surface area contributed by atoms with Gasteiger partial charge >= 0.3 is 12.1 Å². The van der Waals surface area contributed by atoms with Gasteiger partial charge in [-0.25, -0.2) is 14.6 Å². The van der Waals surface area contributed by atoms with Crippen LogP contribution in [-0.4, -0.2) is 40.7 Å². The van der Waals surface area contributed by atoms with E-state index in [9.17, 15) is 19.5 Å². The minimum absolute atomic E-state index is 0.0485. The first-order valence-corrected chi connectivity index (χ1v) is 11.1. The van der Waals surface area contributed by atoms with E-state index in [4.69, 9.17) is 4.74 Å². The van der Waals surface area contributed by atoms with E-state index in [1.807, 2.05) is 43.3 Å². The Morgan fingerprint density at radius 2 is 1.65 bits per heavy atom. The van der Waals surface area contributed by atoms with E-state index in [2.05, 4.69) is 27.8 Å². The second-order valence-corrected chi connectivity index (χ2v) is 8.04. The number of aliphatic carboxylic acids is 1. The number of amides is 2. The molecule has 1 aromatic heterocycles. The standard InChI is InChI=1S/C26H25N3O5/c1-2-7-23(25(31)32)29-24(30)22-13-12-16(14-27-22)28-26(33)34-15-21-19-10-5-3-8-17(19)18-9-4-6-11-20(18)21/h3-6,8-14,21,23H,2,7,15H2,1H3,(H,28,33)(H,29,30)(H,31,32). The quantitative estimate of drug-likeness (QED) is 0.459. The second kappa shape index (κ2) is 10.2. The van der Waals surface area contributed by atoms with Crippen LogP contribution in [0.3, 0.4) is 0 Å². The van der Waals surface area contributed by atoms with Crippen LogP contribution in [0.25, 0.3) is 11.1 Å². The molecular weight excluding hydrogens is 434 g/mol. The van der Waals surface area contributed by atoms with Crippen LogP contribution in [0.2, 0.25) is 0 Å². The molecule has 1 aliphatic rings. The fraction of sp³-hybridized carbons (Fsp3) is 0.231. The number of hydrogen-bond donors (Lipinski definition) is 3. The van der Waals surface area contributed by atoms with Crippen molar-refractivity contribution in [2.45, 2.75) is 31.7 Å². The zero-order valence-corrected chi connectivity index (χ0v) is 18.7. The van der Waals surface area contributed by atoms with Crippen molar-refractivity contribution in [3.8, 4) is 11.1 Å². The summed E-state index contributed by atoms with van der Waals surface area (Å²) in [4.78, 5) is 39.9. The molecule has 0 radical (unpaired) electrons. The lowest BCUT2D eigenvalue weighted by Crippen LogP contribution is -2.40. The SMILES string of the molecule is CCCC(NC(=O)c1ccc(NC(=O)OCC2c3ccccc3-c3ccccc32)cn1)C(=O)O. The molecule has 2 aromatic carbocycles. The lowest BCUT2D eigenvalue weighted by atomic mass is 9.98. The Hall–Kier alpha value is -4.20. The monoisotopic (exact) mass is 459 g/mol. The van der Waals surface area contributed by atoms with Gasteiger partial charge in [0.1, 0.15) is 18.3 Å². The first kappa shape index (κ1) is 23.0. The van der Waals surface area contributed by atoms with Crippen LogP contribution in [0.4, 0.5) is 10.5 Å². The smallest absolute Gasteiger partial charge is 0.411 e. The van der Waals surface area contributed by atoms with Crippen LogP contribution < -0.4 is 10.6 Å². The van der Waals surface area contributed by atoms with Crippen LogP contribution in [-0.2, 0) is 9.53 Å². The van der Waals surface area contributed by atoms with E-state index in [1.54, 1.807) is 0 Å². The molecule has 1 unspecified atom stereocenters. The molecule has 8 heteroatoms. The van der Waals surface area contributed by atoms with Crippen LogP contribution in [0.15, 0.2) is 66.9 Å². The van der Waals surface area contributed by atoms with Crippen molar-refractivity contribution < 1.29 is 24.2 Å². The molecule has 1 aliphatic carbocycles. The highest BCUT2D eigenvalue weighted by molar-refractivity contribution is 5.95. The Morgan fingerprint density at radius 1 is 1.00 bits per heavy atom. The largest absolute Gasteiger partial charge is 0.480 e. The summed E-state index contributed by atoms with van der Waals surface area (Å²) in [5, 5.41) is 14.2. The summed E-state index contributed by atoms with van der Waals surface area (Å²) in [6.45, 7) is 2.02. The van der Waals surface area contributed by atoms with Gasteiger partial charge in [-0.05, 0) is 40.8 Å². The van der Waals surface area contributed by atoms with Crippen molar-refractivity contribution in [3.05, 3.63) is 83.7 Å².